The van der Waals surface area contributed by atoms with Gasteiger partial charge in [0.05, 0.1) is 17.3 Å². The molecular formula is C12H13N5O. The highest BCUT2D eigenvalue weighted by Gasteiger charge is 2.07. The van der Waals surface area contributed by atoms with Crippen molar-refractivity contribution >= 4 is 23.8 Å². The minimum atomic E-state index is -0.382. The lowest BCUT2D eigenvalue weighted by Gasteiger charge is -2.07. The first-order valence-corrected chi connectivity index (χ1v) is 5.12. The normalized spacial score (nSPS) is 11.3. The van der Waals surface area contributed by atoms with Gasteiger partial charge in [-0.2, -0.15) is 5.26 Å². The van der Waals surface area contributed by atoms with E-state index in [-0.39, 0.29) is 11.7 Å². The number of carbonyl (C=O) groups excluding carboxylic acids is 1. The van der Waals surface area contributed by atoms with Crippen LogP contribution < -0.4 is 5.73 Å². The number of benzene rings is 1. The van der Waals surface area contributed by atoms with Crippen LogP contribution in [0.5, 0.6) is 0 Å². The molecule has 0 saturated heterocycles. The molecule has 1 aromatic rings. The standard InChI is InChI=1S/C12H13N5O/c1-17(2)12(18)11(14)16-8-15-10-5-3-4-9(6-10)7-13/h3-6,8H,1-2H3,(H2,14,15,16). The SMILES string of the molecule is CN(C)C(=O)C(N)=NC=Nc1cccc(C#N)c1. The fourth-order valence-corrected chi connectivity index (χ4v) is 1.10. The van der Waals surface area contributed by atoms with Crippen molar-refractivity contribution in [1.29, 1.82) is 5.26 Å². The van der Waals surface area contributed by atoms with Gasteiger partial charge in [-0.1, -0.05) is 6.07 Å². The van der Waals surface area contributed by atoms with E-state index in [1.807, 2.05) is 6.07 Å². The fraction of sp³-hybridized carbons (Fsp3) is 0.167. The summed E-state index contributed by atoms with van der Waals surface area (Å²) in [4.78, 5) is 20.4. The molecule has 18 heavy (non-hydrogen) atoms. The first-order valence-electron chi connectivity index (χ1n) is 5.12. The predicted molar refractivity (Wildman–Crippen MR) is 69.6 cm³/mol. The minimum absolute atomic E-state index is 0.139. The summed E-state index contributed by atoms with van der Waals surface area (Å²) in [7, 11) is 3.16. The van der Waals surface area contributed by atoms with Crippen molar-refractivity contribution in [3.8, 4) is 6.07 Å². The van der Waals surface area contributed by atoms with Crippen LogP contribution in [0.25, 0.3) is 0 Å². The summed E-state index contributed by atoms with van der Waals surface area (Å²) in [6.45, 7) is 0. The Labute approximate surface area is 105 Å². The molecular weight excluding hydrogens is 230 g/mol. The number of hydrogen-bond acceptors (Lipinski definition) is 3. The van der Waals surface area contributed by atoms with Gasteiger partial charge in [-0.15, -0.1) is 0 Å². The quantitative estimate of drug-likeness (QED) is 0.610. The van der Waals surface area contributed by atoms with Gasteiger partial charge in [0, 0.05) is 14.1 Å². The van der Waals surface area contributed by atoms with E-state index < -0.39 is 0 Å². The monoisotopic (exact) mass is 243 g/mol. The average molecular weight is 243 g/mol. The number of nitrogens with zero attached hydrogens (tertiary/aromatic N) is 4. The van der Waals surface area contributed by atoms with Crippen molar-refractivity contribution in [3.63, 3.8) is 0 Å². The van der Waals surface area contributed by atoms with Gasteiger partial charge in [0.1, 0.15) is 6.34 Å². The molecule has 1 amide bonds. The molecule has 0 aliphatic carbocycles. The number of hydrogen-bond donors (Lipinski definition) is 1. The molecule has 0 heterocycles. The van der Waals surface area contributed by atoms with Gasteiger partial charge in [-0.05, 0) is 18.2 Å². The molecule has 0 aliphatic rings. The van der Waals surface area contributed by atoms with Crippen LogP contribution in [-0.4, -0.2) is 37.1 Å². The zero-order valence-electron chi connectivity index (χ0n) is 10.2. The Morgan fingerprint density at radius 2 is 2.22 bits per heavy atom. The van der Waals surface area contributed by atoms with Crippen LogP contribution in [0.2, 0.25) is 0 Å². The smallest absolute Gasteiger partial charge is 0.288 e. The Bertz CT molecular complexity index is 540. The number of nitriles is 1. The maximum absolute atomic E-state index is 11.4. The topological polar surface area (TPSA) is 94.8 Å². The van der Waals surface area contributed by atoms with Crippen molar-refractivity contribution in [3.05, 3.63) is 29.8 Å². The molecule has 0 spiro atoms. The summed E-state index contributed by atoms with van der Waals surface area (Å²) < 4.78 is 0. The molecule has 0 aliphatic heterocycles. The number of carbonyl (C=O) groups is 1. The van der Waals surface area contributed by atoms with Gasteiger partial charge in [0.15, 0.2) is 5.84 Å². The molecule has 0 radical (unpaired) electrons. The molecule has 0 fully saturated rings. The highest BCUT2D eigenvalue weighted by atomic mass is 16.2. The third kappa shape index (κ3) is 3.72. The zero-order chi connectivity index (χ0) is 13.5. The number of likely N-dealkylation sites (N-methyl/N-ethyl adjacent to an activating group) is 1. The van der Waals surface area contributed by atoms with E-state index in [1.54, 1.807) is 38.4 Å². The third-order valence-electron chi connectivity index (χ3n) is 2.00. The number of nitrogens with two attached hydrogens (primary N) is 1. The van der Waals surface area contributed by atoms with Gasteiger partial charge in [0.2, 0.25) is 0 Å². The van der Waals surface area contributed by atoms with Crippen LogP contribution in [0.4, 0.5) is 5.69 Å². The largest absolute Gasteiger partial charge is 0.379 e. The van der Waals surface area contributed by atoms with Gasteiger partial charge in [0.25, 0.3) is 5.91 Å². The molecule has 2 N–H and O–H groups in total. The van der Waals surface area contributed by atoms with Crippen molar-refractivity contribution in [2.75, 3.05) is 14.1 Å². The van der Waals surface area contributed by atoms with Crippen molar-refractivity contribution in [2.24, 2.45) is 15.7 Å². The van der Waals surface area contributed by atoms with Crippen molar-refractivity contribution in [1.82, 2.24) is 4.90 Å². The fourth-order valence-electron chi connectivity index (χ4n) is 1.10. The van der Waals surface area contributed by atoms with E-state index in [1.165, 1.54) is 11.2 Å². The van der Waals surface area contributed by atoms with E-state index in [0.717, 1.165) is 0 Å². The molecule has 6 nitrogen and oxygen atoms in total. The summed E-state index contributed by atoms with van der Waals surface area (Å²) >= 11 is 0. The van der Waals surface area contributed by atoms with Crippen LogP contribution in [-0.2, 0) is 4.79 Å². The molecule has 0 atom stereocenters. The maximum atomic E-state index is 11.4. The van der Waals surface area contributed by atoms with Gasteiger partial charge in [-0.3, -0.25) is 4.79 Å². The molecule has 92 valence electrons. The lowest BCUT2D eigenvalue weighted by Crippen LogP contribution is -2.35. The van der Waals surface area contributed by atoms with Crippen LogP contribution in [0.1, 0.15) is 5.56 Å². The lowest BCUT2D eigenvalue weighted by molar-refractivity contribution is -0.121. The van der Waals surface area contributed by atoms with Gasteiger partial charge < -0.3 is 10.6 Å². The summed E-state index contributed by atoms with van der Waals surface area (Å²) in [5, 5.41) is 8.71. The minimum Gasteiger partial charge on any atom is -0.379 e. The Hall–Kier alpha value is -2.68. The van der Waals surface area contributed by atoms with E-state index in [9.17, 15) is 4.79 Å². The molecule has 0 unspecified atom stereocenters. The molecule has 0 aromatic heterocycles. The van der Waals surface area contributed by atoms with Gasteiger partial charge in [-0.25, -0.2) is 9.98 Å². The number of amides is 1. The number of amidine groups is 1. The van der Waals surface area contributed by atoms with Crippen LogP contribution in [0.15, 0.2) is 34.3 Å². The van der Waals surface area contributed by atoms with Crippen molar-refractivity contribution < 1.29 is 4.79 Å². The predicted octanol–water partition coefficient (Wildman–Crippen LogP) is 0.663. The third-order valence-corrected chi connectivity index (χ3v) is 2.00. The Morgan fingerprint density at radius 1 is 1.50 bits per heavy atom. The first-order chi connectivity index (χ1) is 8.54. The lowest BCUT2D eigenvalue weighted by atomic mass is 10.2. The van der Waals surface area contributed by atoms with Crippen molar-refractivity contribution in [2.45, 2.75) is 0 Å². The van der Waals surface area contributed by atoms with Crippen LogP contribution >= 0.6 is 0 Å². The van der Waals surface area contributed by atoms with Crippen LogP contribution in [0.3, 0.4) is 0 Å². The first kappa shape index (κ1) is 13.4. The molecule has 6 heteroatoms. The Morgan fingerprint density at radius 3 is 2.83 bits per heavy atom. The molecule has 0 saturated carbocycles. The average Bonchev–Trinajstić information content (AvgIpc) is 2.37. The highest BCUT2D eigenvalue weighted by Crippen LogP contribution is 2.12. The van der Waals surface area contributed by atoms with E-state index in [0.29, 0.717) is 11.3 Å². The maximum Gasteiger partial charge on any atom is 0.288 e. The van der Waals surface area contributed by atoms with Gasteiger partial charge >= 0.3 is 0 Å². The highest BCUT2D eigenvalue weighted by molar-refractivity contribution is 6.38. The second kappa shape index (κ2) is 6.15. The Kier molecular flexibility index (Phi) is 4.58. The van der Waals surface area contributed by atoms with E-state index in [2.05, 4.69) is 9.98 Å². The summed E-state index contributed by atoms with van der Waals surface area (Å²) in [5.41, 5.74) is 6.53. The molecule has 1 aromatic carbocycles. The molecule has 1 rings (SSSR count). The zero-order valence-corrected chi connectivity index (χ0v) is 10.2. The second-order valence-corrected chi connectivity index (χ2v) is 3.62. The van der Waals surface area contributed by atoms with E-state index in [4.69, 9.17) is 11.0 Å². The number of rotatable bonds is 2. The molecule has 0 bridgehead atoms. The summed E-state index contributed by atoms with van der Waals surface area (Å²) in [6, 6.07) is 8.72. The summed E-state index contributed by atoms with van der Waals surface area (Å²) in [5.74, 6) is -0.521. The van der Waals surface area contributed by atoms with Crippen LogP contribution in [0, 0.1) is 11.3 Å². The summed E-state index contributed by atoms with van der Waals surface area (Å²) in [6.07, 6.45) is 1.19. The second-order valence-electron chi connectivity index (χ2n) is 3.62. The Balaban J connectivity index is 2.79. The van der Waals surface area contributed by atoms with E-state index >= 15 is 0 Å². The number of aliphatic imine (C=N–C) groups is 2.